The van der Waals surface area contributed by atoms with Crippen LogP contribution in [0.2, 0.25) is 17.7 Å². The van der Waals surface area contributed by atoms with E-state index in [0.29, 0.717) is 13.0 Å². The van der Waals surface area contributed by atoms with Crippen molar-refractivity contribution in [2.75, 3.05) is 13.2 Å². The van der Waals surface area contributed by atoms with Crippen LogP contribution in [0, 0.1) is 0 Å². The number of hydrogen-bond donors (Lipinski definition) is 0. The Morgan fingerprint density at radius 2 is 1.57 bits per heavy atom. The number of ether oxygens (including phenoxy) is 5. The standard InChI is InChI=1S/C21H33O6.3C4H9.Sn/c1-4-13-23-19-10-7-15-25-18(19)9-6-12-21(26-16(3)22)27-20-11-8-14-24-17(20)5-2;3*1-3-4-2;/h4-5,13,17-21H,1-2,6-12,14-15H2,3H3;3*1,3-4H2,2H3;/b13-4-;;;;/t17-,18+,19-,20+,21?;;;;/m0..../s1. The summed E-state index contributed by atoms with van der Waals surface area (Å²) in [6, 6.07) is 0. The molecule has 2 aliphatic heterocycles. The van der Waals surface area contributed by atoms with Crippen molar-refractivity contribution in [3.05, 3.63) is 25.0 Å². The van der Waals surface area contributed by atoms with Gasteiger partial charge in [-0.1, -0.05) is 6.08 Å². The maximum atomic E-state index is 11.8. The smallest absolute Gasteiger partial charge is 0.253 e. The summed E-state index contributed by atoms with van der Waals surface area (Å²) in [6.07, 6.45) is 19.8. The molecule has 0 bridgehead atoms. The fourth-order valence-electron chi connectivity index (χ4n) is 6.19. The summed E-state index contributed by atoms with van der Waals surface area (Å²) < 4.78 is 35.9. The van der Waals surface area contributed by atoms with Crippen molar-refractivity contribution >= 4 is 24.3 Å². The van der Waals surface area contributed by atoms with E-state index in [-0.39, 0.29) is 30.4 Å². The topological polar surface area (TPSA) is 63.2 Å². The zero-order valence-electron chi connectivity index (χ0n) is 26.2. The zero-order chi connectivity index (χ0) is 29.1. The average molecular weight is 672 g/mol. The quantitative estimate of drug-likeness (QED) is 0.0400. The normalized spacial score (nSPS) is 24.6. The van der Waals surface area contributed by atoms with Gasteiger partial charge in [0.15, 0.2) is 0 Å². The maximum absolute atomic E-state index is 11.8. The van der Waals surface area contributed by atoms with Crippen LogP contribution in [0.25, 0.3) is 0 Å². The molecule has 7 heteroatoms. The molecule has 0 aromatic carbocycles. The van der Waals surface area contributed by atoms with Crippen LogP contribution in [-0.4, -0.2) is 68.3 Å². The van der Waals surface area contributed by atoms with Crippen molar-refractivity contribution in [1.29, 1.82) is 0 Å². The van der Waals surface area contributed by atoms with E-state index in [0.717, 1.165) is 45.1 Å². The van der Waals surface area contributed by atoms with Crippen LogP contribution in [0.1, 0.15) is 111 Å². The Balaban J connectivity index is 1.90. The molecule has 0 saturated carbocycles. The molecule has 0 aromatic rings. The minimum absolute atomic E-state index is 0.0591. The van der Waals surface area contributed by atoms with E-state index in [4.69, 9.17) is 23.7 Å². The summed E-state index contributed by atoms with van der Waals surface area (Å²) in [6.45, 7) is 13.8. The molecule has 1 unspecified atom stereocenters. The third-order valence-electron chi connectivity index (χ3n) is 8.56. The predicted molar refractivity (Wildman–Crippen MR) is 166 cm³/mol. The fourth-order valence-corrected chi connectivity index (χ4v) is 21.2. The van der Waals surface area contributed by atoms with Crippen LogP contribution in [0.3, 0.4) is 0 Å². The van der Waals surface area contributed by atoms with Crippen LogP contribution in [0.4, 0.5) is 0 Å². The Labute approximate surface area is 249 Å². The van der Waals surface area contributed by atoms with E-state index in [1.165, 1.54) is 63.2 Å². The van der Waals surface area contributed by atoms with Gasteiger partial charge in [-0.05, 0) is 12.8 Å². The number of rotatable bonds is 21. The van der Waals surface area contributed by atoms with Crippen LogP contribution >= 0.6 is 0 Å². The van der Waals surface area contributed by atoms with Gasteiger partial charge in [0.05, 0.1) is 0 Å². The van der Waals surface area contributed by atoms with Gasteiger partial charge in [-0.15, -0.1) is 6.58 Å². The molecule has 6 nitrogen and oxygen atoms in total. The van der Waals surface area contributed by atoms with Crippen LogP contribution in [0.5, 0.6) is 0 Å². The minimum Gasteiger partial charge on any atom is -0.253 e. The van der Waals surface area contributed by atoms with E-state index in [1.54, 1.807) is 6.08 Å². The van der Waals surface area contributed by atoms with Crippen molar-refractivity contribution in [3.63, 3.8) is 0 Å². The Kier molecular flexibility index (Phi) is 18.9. The van der Waals surface area contributed by atoms with Gasteiger partial charge in [-0.2, -0.15) is 0 Å². The second-order valence-electron chi connectivity index (χ2n) is 12.0. The molecule has 232 valence electrons. The first-order valence-electron chi connectivity index (χ1n) is 16.5. The average Bonchev–Trinajstić information content (AvgIpc) is 2.96. The minimum atomic E-state index is -2.18. The van der Waals surface area contributed by atoms with Crippen LogP contribution in [0.15, 0.2) is 25.0 Å². The first-order valence-corrected chi connectivity index (χ1v) is 24.5. The van der Waals surface area contributed by atoms with Crippen molar-refractivity contribution < 1.29 is 28.5 Å². The molecule has 2 rings (SSSR count). The van der Waals surface area contributed by atoms with Gasteiger partial charge in [-0.25, -0.2) is 0 Å². The first kappa shape index (κ1) is 35.6. The van der Waals surface area contributed by atoms with E-state index < -0.39 is 24.7 Å². The molecule has 2 saturated heterocycles. The van der Waals surface area contributed by atoms with Crippen LogP contribution in [-0.2, 0) is 28.5 Å². The van der Waals surface area contributed by atoms with E-state index >= 15 is 0 Å². The SMILES string of the molecule is C=C[C@@H]1OCCC[C@H]1OC(CCC[C@H]1OCCC[C@@H]1O/C=C\[CH2][Sn]([CH2]CCC)([CH2]CCC)[CH2]CCC)OC(C)=O. The second kappa shape index (κ2) is 21.2. The molecule has 0 N–H and O–H groups in total. The second-order valence-corrected chi connectivity index (χ2v) is 26.0. The number of esters is 1. The number of carbonyl (C=O) groups is 1. The van der Waals surface area contributed by atoms with E-state index in [9.17, 15) is 4.79 Å². The molecular weight excluding hydrogens is 611 g/mol. The summed E-state index contributed by atoms with van der Waals surface area (Å²) in [7, 11) is 0. The van der Waals surface area contributed by atoms with Crippen molar-refractivity contribution in [2.45, 2.75) is 160 Å². The fraction of sp³-hybridized carbons (Fsp3) is 0.848. The molecule has 0 aliphatic carbocycles. The number of carbonyl (C=O) groups excluding carboxylic acids is 1. The molecule has 2 heterocycles. The van der Waals surface area contributed by atoms with Gasteiger partial charge in [0.25, 0.3) is 0 Å². The molecule has 2 aliphatic rings. The third-order valence-corrected chi connectivity index (χ3v) is 23.8. The summed E-state index contributed by atoms with van der Waals surface area (Å²) in [4.78, 5) is 11.8. The Morgan fingerprint density at radius 1 is 0.950 bits per heavy atom. The summed E-state index contributed by atoms with van der Waals surface area (Å²) in [5.41, 5.74) is 0. The molecule has 2 fully saturated rings. The number of allylic oxidation sites excluding steroid dienone is 1. The number of unbranched alkanes of at least 4 members (excludes halogenated alkanes) is 3. The van der Waals surface area contributed by atoms with Crippen molar-refractivity contribution in [3.8, 4) is 0 Å². The van der Waals surface area contributed by atoms with Crippen molar-refractivity contribution in [1.82, 2.24) is 0 Å². The van der Waals surface area contributed by atoms with Gasteiger partial charge in [-0.3, -0.25) is 4.79 Å². The zero-order valence-corrected chi connectivity index (χ0v) is 29.1. The molecule has 0 spiro atoms. The van der Waals surface area contributed by atoms with Gasteiger partial charge in [0, 0.05) is 13.5 Å². The van der Waals surface area contributed by atoms with Gasteiger partial charge in [0.1, 0.15) is 6.10 Å². The van der Waals surface area contributed by atoms with Gasteiger partial charge in [0.2, 0.25) is 0 Å². The van der Waals surface area contributed by atoms with Gasteiger partial charge >= 0.3 is 196 Å². The number of hydrogen-bond acceptors (Lipinski definition) is 6. The summed E-state index contributed by atoms with van der Waals surface area (Å²) in [5, 5.41) is 0. The van der Waals surface area contributed by atoms with E-state index in [1.807, 2.05) is 6.26 Å². The van der Waals surface area contributed by atoms with E-state index in [2.05, 4.69) is 33.4 Å². The first-order chi connectivity index (χ1) is 19.5. The van der Waals surface area contributed by atoms with Gasteiger partial charge < -0.3 is 4.74 Å². The molecular formula is C33H60O6Sn. The summed E-state index contributed by atoms with van der Waals surface area (Å²) >= 11 is -2.18. The van der Waals surface area contributed by atoms with Crippen molar-refractivity contribution in [2.24, 2.45) is 0 Å². The molecule has 40 heavy (non-hydrogen) atoms. The third kappa shape index (κ3) is 13.6. The predicted octanol–water partition coefficient (Wildman–Crippen LogP) is 8.72. The summed E-state index contributed by atoms with van der Waals surface area (Å²) in [5.74, 6) is -0.324. The Bertz CT molecular complexity index is 691. The molecule has 5 atom stereocenters. The molecule has 0 aromatic heterocycles. The Hall–Kier alpha value is -0.571. The Morgan fingerprint density at radius 3 is 2.17 bits per heavy atom. The monoisotopic (exact) mass is 672 g/mol. The van der Waals surface area contributed by atoms with Crippen LogP contribution < -0.4 is 0 Å². The molecule has 0 radical (unpaired) electrons. The molecule has 0 amide bonds.